The van der Waals surface area contributed by atoms with E-state index in [0.717, 1.165) is 0 Å². The molecule has 324 valence electrons. The monoisotopic (exact) mass is 814 g/mol. The fourth-order valence-corrected chi connectivity index (χ4v) is 6.46. The number of thioether (sulfide) groups is 1. The molecule has 15 nitrogen and oxygen atoms in total. The molecule has 0 aromatic heterocycles. The van der Waals surface area contributed by atoms with Crippen LogP contribution >= 0.6 is 11.8 Å². The smallest absolute Gasteiger partial charge is 0.326 e. The quantitative estimate of drug-likeness (QED) is 0.0604. The Morgan fingerprint density at radius 2 is 0.857 bits per heavy atom. The van der Waals surface area contributed by atoms with Crippen LogP contribution in [0.3, 0.4) is 0 Å². The number of aliphatic carboxylic acids is 1. The van der Waals surface area contributed by atoms with Crippen LogP contribution in [-0.2, 0) is 33.6 Å². The minimum absolute atomic E-state index is 0.00174. The number of carbonyl (C=O) groups excluding carboxylic acids is 6. The highest BCUT2D eigenvalue weighted by atomic mass is 32.2. The molecular weight excluding hydrogens is 739 g/mol. The Hall–Kier alpha value is -3.40. The Bertz CT molecular complexity index is 1280. The van der Waals surface area contributed by atoms with Gasteiger partial charge in [0.05, 0.1) is 6.04 Å². The van der Waals surface area contributed by atoms with Crippen molar-refractivity contribution in [1.82, 2.24) is 31.9 Å². The van der Waals surface area contributed by atoms with Gasteiger partial charge in [0.15, 0.2) is 0 Å². The second-order valence-corrected chi connectivity index (χ2v) is 17.8. The van der Waals surface area contributed by atoms with Crippen LogP contribution in [0.5, 0.6) is 0 Å². The molecule has 0 unspecified atom stereocenters. The van der Waals surface area contributed by atoms with Gasteiger partial charge in [0, 0.05) is 0 Å². The van der Waals surface area contributed by atoms with Gasteiger partial charge in [-0.1, -0.05) is 95.9 Å². The number of carbonyl (C=O) groups is 7. The zero-order chi connectivity index (χ0) is 43.4. The van der Waals surface area contributed by atoms with Crippen LogP contribution in [0.2, 0.25) is 0 Å². The summed E-state index contributed by atoms with van der Waals surface area (Å²) in [6.45, 7) is 22.1. The Morgan fingerprint density at radius 1 is 0.518 bits per heavy atom. The number of amides is 6. The summed E-state index contributed by atoms with van der Waals surface area (Å²) in [4.78, 5) is 93.6. The molecule has 0 bridgehead atoms. The predicted octanol–water partition coefficient (Wildman–Crippen LogP) is 2.95. The molecule has 0 aliphatic heterocycles. The van der Waals surface area contributed by atoms with Crippen LogP contribution in [0.25, 0.3) is 0 Å². The number of rotatable bonds is 27. The van der Waals surface area contributed by atoms with Crippen molar-refractivity contribution in [2.45, 2.75) is 164 Å². The van der Waals surface area contributed by atoms with Gasteiger partial charge < -0.3 is 42.7 Å². The van der Waals surface area contributed by atoms with Gasteiger partial charge in [0.25, 0.3) is 0 Å². The molecule has 0 aromatic rings. The van der Waals surface area contributed by atoms with Crippen molar-refractivity contribution in [1.29, 1.82) is 0 Å². The fraction of sp³-hybridized carbons (Fsp3) is 0.825. The molecule has 0 fully saturated rings. The molecule has 0 radical (unpaired) electrons. The summed E-state index contributed by atoms with van der Waals surface area (Å²) in [6.07, 6.45) is 4.09. The fourth-order valence-electron chi connectivity index (χ4n) is 5.97. The van der Waals surface area contributed by atoms with Gasteiger partial charge in [-0.3, -0.25) is 28.8 Å². The van der Waals surface area contributed by atoms with E-state index in [9.17, 15) is 38.7 Å². The van der Waals surface area contributed by atoms with E-state index in [4.69, 9.17) is 5.73 Å². The van der Waals surface area contributed by atoms with E-state index >= 15 is 0 Å². The molecule has 0 aromatic carbocycles. The first-order valence-electron chi connectivity index (χ1n) is 20.3. The van der Waals surface area contributed by atoms with Crippen molar-refractivity contribution in [3.8, 4) is 0 Å². The van der Waals surface area contributed by atoms with E-state index in [1.54, 1.807) is 39.5 Å². The predicted molar refractivity (Wildman–Crippen MR) is 222 cm³/mol. The van der Waals surface area contributed by atoms with Crippen molar-refractivity contribution in [2.75, 3.05) is 12.0 Å². The second kappa shape index (κ2) is 26.5. The average molecular weight is 814 g/mol. The van der Waals surface area contributed by atoms with Crippen LogP contribution < -0.4 is 37.6 Å². The third-order valence-electron chi connectivity index (χ3n) is 9.80. The van der Waals surface area contributed by atoms with Crippen LogP contribution in [0.1, 0.15) is 122 Å². The lowest BCUT2D eigenvalue weighted by Crippen LogP contribution is -2.62. The molecule has 0 rings (SSSR count). The van der Waals surface area contributed by atoms with E-state index in [2.05, 4.69) is 31.9 Å². The van der Waals surface area contributed by atoms with E-state index in [1.807, 2.05) is 61.6 Å². The summed E-state index contributed by atoms with van der Waals surface area (Å²) in [5.74, 6) is -5.11. The number of carboxylic acid groups (broad SMARTS) is 1. The minimum Gasteiger partial charge on any atom is -0.480 e. The molecular formula is C40H75N7O8S. The number of carboxylic acids is 1. The molecule has 0 spiro atoms. The second-order valence-electron chi connectivity index (χ2n) is 16.8. The number of hydrogen-bond donors (Lipinski definition) is 8. The standard InChI is InChI=1S/C40H75N7O8S/c1-14-25(11)32(39(53)44-30(40(54)55)20-23(7)8)46-36(50)29(19-22(5)6)43-38(52)33(26(12)15-2)47-37(51)31(24(9)10)45-35(49)28(18-21(3)4)42-34(48)27(41)16-17-56-13/h21-33H,14-20,41H2,1-13H3,(H,42,48)(H,43,52)(H,44,53)(H,45,49)(H,46,50)(H,47,51)(H,54,55)/t25-,26-,27-,28-,29-,30-,31-,32-,33-/m0/s1. The van der Waals surface area contributed by atoms with Gasteiger partial charge >= 0.3 is 5.97 Å². The molecule has 6 amide bonds. The van der Waals surface area contributed by atoms with E-state index < -0.39 is 89.6 Å². The number of nitrogens with one attached hydrogen (secondary N) is 6. The highest BCUT2D eigenvalue weighted by Crippen LogP contribution is 2.16. The normalized spacial score (nSPS) is 16.5. The van der Waals surface area contributed by atoms with Gasteiger partial charge in [0.2, 0.25) is 35.4 Å². The average Bonchev–Trinajstić information content (AvgIpc) is 3.10. The Kier molecular flexibility index (Phi) is 24.9. The topological polar surface area (TPSA) is 238 Å². The van der Waals surface area contributed by atoms with E-state index in [-0.39, 0.29) is 42.4 Å². The first-order valence-corrected chi connectivity index (χ1v) is 21.7. The van der Waals surface area contributed by atoms with Crippen molar-refractivity contribution < 1.29 is 38.7 Å². The Labute approximate surface area is 340 Å². The summed E-state index contributed by atoms with van der Waals surface area (Å²) in [5.41, 5.74) is 6.06. The molecule has 0 aliphatic carbocycles. The van der Waals surface area contributed by atoms with E-state index in [0.29, 0.717) is 31.4 Å². The van der Waals surface area contributed by atoms with Crippen molar-refractivity contribution in [3.63, 3.8) is 0 Å². The molecule has 0 saturated heterocycles. The maximum atomic E-state index is 14.0. The van der Waals surface area contributed by atoms with Crippen LogP contribution in [-0.4, -0.2) is 101 Å². The summed E-state index contributed by atoms with van der Waals surface area (Å²) >= 11 is 1.56. The molecule has 0 saturated carbocycles. The van der Waals surface area contributed by atoms with Crippen molar-refractivity contribution >= 4 is 53.2 Å². The zero-order valence-corrected chi connectivity index (χ0v) is 37.1. The highest BCUT2D eigenvalue weighted by Gasteiger charge is 2.37. The lowest BCUT2D eigenvalue weighted by Gasteiger charge is -2.31. The highest BCUT2D eigenvalue weighted by molar-refractivity contribution is 7.98. The minimum atomic E-state index is -1.17. The molecule has 56 heavy (non-hydrogen) atoms. The summed E-state index contributed by atoms with van der Waals surface area (Å²) in [5, 5.41) is 26.2. The Balaban J connectivity index is 6.31. The molecule has 16 heteroatoms. The van der Waals surface area contributed by atoms with Gasteiger partial charge in [-0.15, -0.1) is 0 Å². The lowest BCUT2D eigenvalue weighted by atomic mass is 9.94. The summed E-state index contributed by atoms with van der Waals surface area (Å²) in [7, 11) is 0. The zero-order valence-electron chi connectivity index (χ0n) is 36.2. The largest absolute Gasteiger partial charge is 0.480 e. The van der Waals surface area contributed by atoms with Crippen molar-refractivity contribution in [3.05, 3.63) is 0 Å². The first-order chi connectivity index (χ1) is 26.0. The third-order valence-corrected chi connectivity index (χ3v) is 10.4. The Morgan fingerprint density at radius 3 is 1.21 bits per heavy atom. The maximum absolute atomic E-state index is 14.0. The number of nitrogens with two attached hydrogens (primary N) is 1. The summed E-state index contributed by atoms with van der Waals surface area (Å²) < 4.78 is 0. The third kappa shape index (κ3) is 19.2. The molecule has 0 aliphatic rings. The van der Waals surface area contributed by atoms with Gasteiger partial charge in [0.1, 0.15) is 36.3 Å². The van der Waals surface area contributed by atoms with Crippen LogP contribution in [0, 0.1) is 35.5 Å². The molecule has 0 heterocycles. The van der Waals surface area contributed by atoms with Crippen LogP contribution in [0.4, 0.5) is 0 Å². The van der Waals surface area contributed by atoms with Crippen molar-refractivity contribution in [2.24, 2.45) is 41.2 Å². The van der Waals surface area contributed by atoms with Crippen LogP contribution in [0.15, 0.2) is 0 Å². The SMILES string of the molecule is CC[C@H](C)[C@H](NC(=O)[C@H](CC(C)C)NC(=O)[C@@H](NC(=O)[C@@H](NC(=O)[C@H](CC(C)C)NC(=O)[C@@H](N)CCSC)C(C)C)[C@@H](C)CC)C(=O)N[C@@H](CC(C)C)C(=O)O. The van der Waals surface area contributed by atoms with Gasteiger partial charge in [-0.05, 0) is 73.2 Å². The van der Waals surface area contributed by atoms with E-state index in [1.165, 1.54) is 0 Å². The molecule has 9 N–H and O–H groups in total. The van der Waals surface area contributed by atoms with Gasteiger partial charge in [-0.2, -0.15) is 11.8 Å². The first kappa shape index (κ1) is 52.6. The summed E-state index contributed by atoms with van der Waals surface area (Å²) in [6, 6.07) is -7.16. The molecule has 9 atom stereocenters. The lowest BCUT2D eigenvalue weighted by molar-refractivity contribution is -0.143. The number of hydrogen-bond acceptors (Lipinski definition) is 9. The maximum Gasteiger partial charge on any atom is 0.326 e. The van der Waals surface area contributed by atoms with Gasteiger partial charge in [-0.25, -0.2) is 4.79 Å².